The summed E-state index contributed by atoms with van der Waals surface area (Å²) in [6, 6.07) is 4.36. The fourth-order valence-electron chi connectivity index (χ4n) is 3.56. The number of nitrogens with zero attached hydrogens (tertiary/aromatic N) is 1. The van der Waals surface area contributed by atoms with Gasteiger partial charge in [0.25, 0.3) is 11.8 Å². The number of carbonyl (C=O) groups is 3. The summed E-state index contributed by atoms with van der Waals surface area (Å²) in [4.78, 5) is 38.5. The molecule has 2 heterocycles. The molecule has 3 amide bonds. The number of rotatable bonds is 5. The molecule has 1 aromatic rings. The highest BCUT2D eigenvalue weighted by atomic mass is 35.5. The molecule has 1 saturated heterocycles. The van der Waals surface area contributed by atoms with Crippen molar-refractivity contribution in [2.75, 3.05) is 19.6 Å². The zero-order valence-corrected chi connectivity index (χ0v) is 16.0. The third kappa shape index (κ3) is 4.07. The van der Waals surface area contributed by atoms with E-state index in [-0.39, 0.29) is 30.1 Å². The van der Waals surface area contributed by atoms with Crippen molar-refractivity contribution in [2.24, 2.45) is 5.92 Å². The van der Waals surface area contributed by atoms with Crippen LogP contribution in [0.1, 0.15) is 52.5 Å². The number of halogens is 1. The fraction of sp³-hybridized carbons (Fsp3) is 0.526. The van der Waals surface area contributed by atoms with Crippen molar-refractivity contribution < 1.29 is 14.4 Å². The summed E-state index contributed by atoms with van der Waals surface area (Å²) in [5.41, 5.74) is 1.68. The summed E-state index contributed by atoms with van der Waals surface area (Å²) >= 11 is 0. The van der Waals surface area contributed by atoms with Crippen molar-refractivity contribution >= 4 is 30.1 Å². The predicted molar refractivity (Wildman–Crippen MR) is 102 cm³/mol. The lowest BCUT2D eigenvalue weighted by atomic mass is 9.96. The van der Waals surface area contributed by atoms with Crippen LogP contribution in [0.3, 0.4) is 0 Å². The number of aryl methyl sites for hydroxylation is 1. The van der Waals surface area contributed by atoms with Gasteiger partial charge in [0.1, 0.15) is 6.04 Å². The van der Waals surface area contributed by atoms with Gasteiger partial charge in [-0.15, -0.1) is 12.4 Å². The van der Waals surface area contributed by atoms with E-state index < -0.39 is 6.04 Å². The molecule has 1 aromatic carbocycles. The summed E-state index contributed by atoms with van der Waals surface area (Å²) in [6.45, 7) is 6.10. The molecule has 1 fully saturated rings. The van der Waals surface area contributed by atoms with Gasteiger partial charge in [-0.3, -0.25) is 19.3 Å². The number of fused-ring (bicyclic) bond motifs is 1. The molecular weight excluding hydrogens is 354 g/mol. The van der Waals surface area contributed by atoms with Gasteiger partial charge in [0, 0.05) is 6.54 Å². The van der Waals surface area contributed by atoms with Gasteiger partial charge in [-0.2, -0.15) is 0 Å². The average molecular weight is 380 g/mol. The Hall–Kier alpha value is -1.92. The normalized spacial score (nSPS) is 20.4. The molecular formula is C19H26ClN3O3. The molecule has 2 N–H and O–H groups in total. The van der Waals surface area contributed by atoms with Crippen LogP contribution in [0.25, 0.3) is 0 Å². The largest absolute Gasteiger partial charge is 0.354 e. The van der Waals surface area contributed by atoms with Crippen LogP contribution in [0.5, 0.6) is 0 Å². The Morgan fingerprint density at radius 3 is 2.73 bits per heavy atom. The summed E-state index contributed by atoms with van der Waals surface area (Å²) in [5, 5.41) is 6.23. The zero-order chi connectivity index (χ0) is 18.0. The van der Waals surface area contributed by atoms with Crippen molar-refractivity contribution in [3.05, 3.63) is 34.9 Å². The van der Waals surface area contributed by atoms with Gasteiger partial charge in [-0.25, -0.2) is 0 Å². The molecule has 2 aliphatic heterocycles. The molecule has 0 saturated carbocycles. The molecule has 3 rings (SSSR count). The Morgan fingerprint density at radius 1 is 1.31 bits per heavy atom. The fourth-order valence-corrected chi connectivity index (χ4v) is 3.56. The molecule has 2 aliphatic rings. The third-order valence-electron chi connectivity index (χ3n) is 5.09. The maximum absolute atomic E-state index is 12.5. The SMILES string of the molecule is Cc1ccc2c(c1)C(=O)N(C(C)C(=O)NCCC1CCCNC1)C2=O.Cl. The van der Waals surface area contributed by atoms with E-state index in [2.05, 4.69) is 10.6 Å². The van der Waals surface area contributed by atoms with E-state index in [4.69, 9.17) is 0 Å². The zero-order valence-electron chi connectivity index (χ0n) is 15.2. The molecule has 0 aliphatic carbocycles. The highest BCUT2D eigenvalue weighted by Gasteiger charge is 2.40. The first-order valence-corrected chi connectivity index (χ1v) is 8.96. The topological polar surface area (TPSA) is 78.5 Å². The van der Waals surface area contributed by atoms with Crippen molar-refractivity contribution in [3.63, 3.8) is 0 Å². The Bertz CT molecular complexity index is 701. The molecule has 2 unspecified atom stereocenters. The average Bonchev–Trinajstić information content (AvgIpc) is 2.85. The van der Waals surface area contributed by atoms with Crippen LogP contribution in [-0.2, 0) is 4.79 Å². The lowest BCUT2D eigenvalue weighted by molar-refractivity contribution is -0.124. The number of hydrogen-bond donors (Lipinski definition) is 2. The van der Waals surface area contributed by atoms with Gasteiger partial charge >= 0.3 is 0 Å². The van der Waals surface area contributed by atoms with Crippen LogP contribution in [0.4, 0.5) is 0 Å². The van der Waals surface area contributed by atoms with Gasteiger partial charge in [-0.1, -0.05) is 11.6 Å². The minimum absolute atomic E-state index is 0. The van der Waals surface area contributed by atoms with E-state index in [1.54, 1.807) is 25.1 Å². The highest BCUT2D eigenvalue weighted by molar-refractivity contribution is 6.22. The Morgan fingerprint density at radius 2 is 2.04 bits per heavy atom. The van der Waals surface area contributed by atoms with Crippen LogP contribution in [-0.4, -0.2) is 48.3 Å². The molecule has 6 nitrogen and oxygen atoms in total. The van der Waals surface area contributed by atoms with Crippen LogP contribution < -0.4 is 10.6 Å². The summed E-state index contributed by atoms with van der Waals surface area (Å²) < 4.78 is 0. The van der Waals surface area contributed by atoms with Crippen LogP contribution in [0.15, 0.2) is 18.2 Å². The lowest BCUT2D eigenvalue weighted by Gasteiger charge is -2.24. The minimum atomic E-state index is -0.808. The monoisotopic (exact) mass is 379 g/mol. The second kappa shape index (κ2) is 8.64. The molecule has 0 spiro atoms. The number of piperidine rings is 1. The Labute approximate surface area is 160 Å². The number of amides is 3. The smallest absolute Gasteiger partial charge is 0.262 e. The first-order chi connectivity index (χ1) is 12.0. The molecule has 0 radical (unpaired) electrons. The summed E-state index contributed by atoms with van der Waals surface area (Å²) in [7, 11) is 0. The van der Waals surface area contributed by atoms with Gasteiger partial charge in [-0.05, 0) is 64.3 Å². The number of hydrogen-bond acceptors (Lipinski definition) is 4. The van der Waals surface area contributed by atoms with E-state index in [9.17, 15) is 14.4 Å². The highest BCUT2D eigenvalue weighted by Crippen LogP contribution is 2.25. The lowest BCUT2D eigenvalue weighted by Crippen LogP contribution is -2.48. The second-order valence-electron chi connectivity index (χ2n) is 7.00. The van der Waals surface area contributed by atoms with Crippen LogP contribution in [0, 0.1) is 12.8 Å². The predicted octanol–water partition coefficient (Wildman–Crippen LogP) is 1.91. The first-order valence-electron chi connectivity index (χ1n) is 8.96. The molecule has 2 atom stereocenters. The molecule has 142 valence electrons. The number of benzene rings is 1. The maximum Gasteiger partial charge on any atom is 0.262 e. The van der Waals surface area contributed by atoms with Gasteiger partial charge in [0.05, 0.1) is 11.1 Å². The van der Waals surface area contributed by atoms with E-state index >= 15 is 0 Å². The summed E-state index contributed by atoms with van der Waals surface area (Å²) in [6.07, 6.45) is 3.26. The Balaban J connectivity index is 0.00000243. The second-order valence-corrected chi connectivity index (χ2v) is 7.00. The third-order valence-corrected chi connectivity index (χ3v) is 5.09. The number of carbonyl (C=O) groups excluding carboxylic acids is 3. The maximum atomic E-state index is 12.5. The minimum Gasteiger partial charge on any atom is -0.354 e. The first kappa shape index (κ1) is 20.4. The molecule has 0 aromatic heterocycles. The molecule has 26 heavy (non-hydrogen) atoms. The van der Waals surface area contributed by atoms with Crippen molar-refractivity contribution in [1.29, 1.82) is 0 Å². The van der Waals surface area contributed by atoms with E-state index in [0.29, 0.717) is 23.6 Å². The quantitative estimate of drug-likeness (QED) is 0.766. The van der Waals surface area contributed by atoms with Gasteiger partial charge in [0.15, 0.2) is 0 Å². The van der Waals surface area contributed by atoms with Crippen molar-refractivity contribution in [2.45, 2.75) is 39.2 Å². The van der Waals surface area contributed by atoms with Gasteiger partial charge in [0.2, 0.25) is 5.91 Å². The van der Waals surface area contributed by atoms with Crippen molar-refractivity contribution in [1.82, 2.24) is 15.5 Å². The van der Waals surface area contributed by atoms with E-state index in [1.165, 1.54) is 12.8 Å². The van der Waals surface area contributed by atoms with E-state index in [1.807, 2.05) is 6.92 Å². The number of nitrogens with one attached hydrogen (secondary N) is 2. The van der Waals surface area contributed by atoms with Crippen LogP contribution in [0.2, 0.25) is 0 Å². The number of imide groups is 1. The standard InChI is InChI=1S/C19H25N3O3.ClH/c1-12-5-6-15-16(10-12)19(25)22(18(15)24)13(2)17(23)21-9-7-14-4-3-8-20-11-14;/h5-6,10,13-14,20H,3-4,7-9,11H2,1-2H3,(H,21,23);1H. The summed E-state index contributed by atoms with van der Waals surface area (Å²) in [5.74, 6) is -0.483. The van der Waals surface area contributed by atoms with Crippen LogP contribution >= 0.6 is 12.4 Å². The van der Waals surface area contributed by atoms with E-state index in [0.717, 1.165) is 30.0 Å². The van der Waals surface area contributed by atoms with Gasteiger partial charge < -0.3 is 10.6 Å². The van der Waals surface area contributed by atoms with Crippen molar-refractivity contribution in [3.8, 4) is 0 Å². The Kier molecular flexibility index (Phi) is 6.78. The molecule has 0 bridgehead atoms. The molecule has 7 heteroatoms.